The smallest absolute Gasteiger partial charge is 0.119 e. The van der Waals surface area contributed by atoms with Gasteiger partial charge in [0.15, 0.2) is 0 Å². The normalized spacial score (nSPS) is 24.2. The Morgan fingerprint density at radius 2 is 1.92 bits per heavy atom. The van der Waals surface area contributed by atoms with Crippen LogP contribution in [-0.2, 0) is 0 Å². The summed E-state index contributed by atoms with van der Waals surface area (Å²) in [7, 11) is 0. The molecule has 0 aromatic heterocycles. The summed E-state index contributed by atoms with van der Waals surface area (Å²) in [6, 6.07) is 13.6. The van der Waals surface area contributed by atoms with Crippen molar-refractivity contribution in [1.82, 2.24) is 0 Å². The molecule has 24 heavy (non-hydrogen) atoms. The second-order valence-electron chi connectivity index (χ2n) is 7.02. The van der Waals surface area contributed by atoms with Crippen LogP contribution in [0.1, 0.15) is 47.6 Å². The molecule has 0 saturated carbocycles. The van der Waals surface area contributed by atoms with E-state index in [0.29, 0.717) is 24.5 Å². The number of hydrogen-bond donors (Lipinski definition) is 1. The molecule has 0 fully saturated rings. The van der Waals surface area contributed by atoms with Gasteiger partial charge in [-0.3, -0.25) is 0 Å². The van der Waals surface area contributed by atoms with Crippen LogP contribution in [0.5, 0.6) is 5.75 Å². The van der Waals surface area contributed by atoms with Crippen LogP contribution < -0.4 is 10.1 Å². The first kappa shape index (κ1) is 15.3. The van der Waals surface area contributed by atoms with Crippen molar-refractivity contribution in [1.29, 1.82) is 0 Å². The van der Waals surface area contributed by atoms with Gasteiger partial charge < -0.3 is 10.1 Å². The second kappa shape index (κ2) is 6.01. The fourth-order valence-corrected chi connectivity index (χ4v) is 4.41. The molecule has 3 atom stereocenters. The van der Waals surface area contributed by atoms with Crippen molar-refractivity contribution in [3.63, 3.8) is 0 Å². The SMILES string of the molecule is CCOc1ccc(C2Nc3cc(C)cc(C)c3C3C=CCC32)cc1. The molecule has 0 bridgehead atoms. The molecular formula is C22H25NO. The lowest BCUT2D eigenvalue weighted by Gasteiger charge is -2.38. The number of hydrogen-bond acceptors (Lipinski definition) is 2. The fourth-order valence-electron chi connectivity index (χ4n) is 4.41. The van der Waals surface area contributed by atoms with Crippen molar-refractivity contribution < 1.29 is 4.74 Å². The van der Waals surface area contributed by atoms with Crippen molar-refractivity contribution in [3.05, 3.63) is 70.8 Å². The van der Waals surface area contributed by atoms with Gasteiger partial charge in [-0.25, -0.2) is 0 Å². The Labute approximate surface area is 144 Å². The Bertz CT molecular complexity index is 775. The van der Waals surface area contributed by atoms with Crippen LogP contribution in [0, 0.1) is 19.8 Å². The number of benzene rings is 2. The molecule has 1 aliphatic carbocycles. The first-order valence-electron chi connectivity index (χ1n) is 8.94. The van der Waals surface area contributed by atoms with Crippen molar-refractivity contribution >= 4 is 5.69 Å². The average Bonchev–Trinajstić information content (AvgIpc) is 3.04. The number of ether oxygens (including phenoxy) is 1. The fraction of sp³-hybridized carbons (Fsp3) is 0.364. The quantitative estimate of drug-likeness (QED) is 0.751. The maximum absolute atomic E-state index is 5.59. The average molecular weight is 319 g/mol. The first-order chi connectivity index (χ1) is 11.7. The Hall–Kier alpha value is -2.22. The van der Waals surface area contributed by atoms with Crippen LogP contribution in [0.3, 0.4) is 0 Å². The monoisotopic (exact) mass is 319 g/mol. The lowest BCUT2D eigenvalue weighted by molar-refractivity contribution is 0.340. The summed E-state index contributed by atoms with van der Waals surface area (Å²) in [5.41, 5.74) is 6.87. The number of allylic oxidation sites excluding steroid dienone is 2. The number of fused-ring (bicyclic) bond motifs is 3. The first-order valence-corrected chi connectivity index (χ1v) is 8.94. The van der Waals surface area contributed by atoms with E-state index in [0.717, 1.165) is 12.2 Å². The van der Waals surface area contributed by atoms with Crippen LogP contribution in [0.15, 0.2) is 48.6 Å². The predicted octanol–water partition coefficient (Wildman–Crippen LogP) is 5.53. The van der Waals surface area contributed by atoms with Crippen molar-refractivity contribution in [2.45, 2.75) is 39.2 Å². The summed E-state index contributed by atoms with van der Waals surface area (Å²) in [5, 5.41) is 3.84. The van der Waals surface area contributed by atoms with Crippen LogP contribution in [-0.4, -0.2) is 6.61 Å². The summed E-state index contributed by atoms with van der Waals surface area (Å²) in [6.07, 6.45) is 5.91. The molecule has 3 unspecified atom stereocenters. The van der Waals surface area contributed by atoms with E-state index in [1.807, 2.05) is 6.92 Å². The Kier molecular flexibility index (Phi) is 3.84. The third-order valence-corrected chi connectivity index (χ3v) is 5.37. The minimum absolute atomic E-state index is 0.356. The topological polar surface area (TPSA) is 21.3 Å². The van der Waals surface area contributed by atoms with Gasteiger partial charge in [-0.15, -0.1) is 0 Å². The zero-order valence-electron chi connectivity index (χ0n) is 14.7. The highest BCUT2D eigenvalue weighted by molar-refractivity contribution is 5.63. The molecule has 124 valence electrons. The molecule has 1 N–H and O–H groups in total. The summed E-state index contributed by atoms with van der Waals surface area (Å²) in [6.45, 7) is 7.15. The van der Waals surface area contributed by atoms with E-state index in [1.54, 1.807) is 0 Å². The standard InChI is InChI=1S/C22H25NO/c1-4-24-17-10-8-16(9-11-17)22-19-7-5-6-18(19)21-15(3)12-14(2)13-20(21)23-22/h5-6,8-13,18-19,22-23H,4,7H2,1-3H3. The van der Waals surface area contributed by atoms with Crippen LogP contribution >= 0.6 is 0 Å². The maximum Gasteiger partial charge on any atom is 0.119 e. The van der Waals surface area contributed by atoms with E-state index in [2.05, 4.69) is 67.7 Å². The largest absolute Gasteiger partial charge is 0.494 e. The number of aryl methyl sites for hydroxylation is 2. The van der Waals surface area contributed by atoms with Crippen LogP contribution in [0.2, 0.25) is 0 Å². The number of rotatable bonds is 3. The molecule has 0 spiro atoms. The molecule has 0 amide bonds. The minimum Gasteiger partial charge on any atom is -0.494 e. The summed E-state index contributed by atoms with van der Waals surface area (Å²) in [4.78, 5) is 0. The zero-order valence-corrected chi connectivity index (χ0v) is 14.7. The van der Waals surface area contributed by atoms with Crippen molar-refractivity contribution in [2.75, 3.05) is 11.9 Å². The van der Waals surface area contributed by atoms with Gasteiger partial charge in [-0.2, -0.15) is 0 Å². The van der Waals surface area contributed by atoms with E-state index in [1.165, 1.54) is 27.9 Å². The third kappa shape index (κ3) is 2.50. The summed E-state index contributed by atoms with van der Waals surface area (Å²) in [5.74, 6) is 2.07. The van der Waals surface area contributed by atoms with E-state index >= 15 is 0 Å². The number of nitrogens with one attached hydrogen (secondary N) is 1. The maximum atomic E-state index is 5.59. The molecule has 2 nitrogen and oxygen atoms in total. The van der Waals surface area contributed by atoms with Gasteiger partial charge in [-0.1, -0.05) is 30.4 Å². The zero-order chi connectivity index (χ0) is 16.7. The molecule has 0 radical (unpaired) electrons. The van der Waals surface area contributed by atoms with E-state index < -0.39 is 0 Å². The highest BCUT2D eigenvalue weighted by Gasteiger charge is 2.38. The van der Waals surface area contributed by atoms with Crippen molar-refractivity contribution in [3.8, 4) is 5.75 Å². The molecule has 2 aromatic rings. The molecule has 2 heteroatoms. The van der Waals surface area contributed by atoms with Gasteiger partial charge >= 0.3 is 0 Å². The highest BCUT2D eigenvalue weighted by atomic mass is 16.5. The van der Waals surface area contributed by atoms with Gasteiger partial charge in [0.25, 0.3) is 0 Å². The van der Waals surface area contributed by atoms with Crippen LogP contribution in [0.25, 0.3) is 0 Å². The molecule has 2 aliphatic rings. The van der Waals surface area contributed by atoms with E-state index in [9.17, 15) is 0 Å². The Morgan fingerprint density at radius 1 is 1.12 bits per heavy atom. The van der Waals surface area contributed by atoms with Gasteiger partial charge in [0.2, 0.25) is 0 Å². The van der Waals surface area contributed by atoms with E-state index in [4.69, 9.17) is 4.74 Å². The molecule has 1 heterocycles. The second-order valence-corrected chi connectivity index (χ2v) is 7.02. The molecule has 0 saturated heterocycles. The van der Waals surface area contributed by atoms with Gasteiger partial charge in [-0.05, 0) is 73.6 Å². The lowest BCUT2D eigenvalue weighted by Crippen LogP contribution is -2.29. The summed E-state index contributed by atoms with van der Waals surface area (Å²) < 4.78 is 5.59. The molecule has 4 rings (SSSR count). The van der Waals surface area contributed by atoms with E-state index in [-0.39, 0.29) is 0 Å². The van der Waals surface area contributed by atoms with Crippen LogP contribution in [0.4, 0.5) is 5.69 Å². The Balaban J connectivity index is 1.72. The predicted molar refractivity (Wildman–Crippen MR) is 99.9 cm³/mol. The number of anilines is 1. The lowest BCUT2D eigenvalue weighted by atomic mass is 9.75. The molecule has 1 aliphatic heterocycles. The highest BCUT2D eigenvalue weighted by Crippen LogP contribution is 2.51. The third-order valence-electron chi connectivity index (χ3n) is 5.37. The molecular weight excluding hydrogens is 294 g/mol. The minimum atomic E-state index is 0.356. The Morgan fingerprint density at radius 3 is 2.67 bits per heavy atom. The van der Waals surface area contributed by atoms with Gasteiger partial charge in [0.05, 0.1) is 12.6 Å². The summed E-state index contributed by atoms with van der Waals surface area (Å²) >= 11 is 0. The van der Waals surface area contributed by atoms with Gasteiger partial charge in [0, 0.05) is 11.6 Å². The molecule has 2 aromatic carbocycles. The van der Waals surface area contributed by atoms with Crippen molar-refractivity contribution in [2.24, 2.45) is 5.92 Å². The van der Waals surface area contributed by atoms with Gasteiger partial charge in [0.1, 0.15) is 5.75 Å².